The van der Waals surface area contributed by atoms with Crippen molar-refractivity contribution in [1.29, 1.82) is 5.26 Å². The first-order valence-electron chi connectivity index (χ1n) is 4.11. The van der Waals surface area contributed by atoms with E-state index in [2.05, 4.69) is 6.07 Å². The van der Waals surface area contributed by atoms with Gasteiger partial charge < -0.3 is 9.47 Å². The highest BCUT2D eigenvalue weighted by Crippen LogP contribution is 2.38. The van der Waals surface area contributed by atoms with Gasteiger partial charge in [-0.2, -0.15) is 5.26 Å². The van der Waals surface area contributed by atoms with Gasteiger partial charge in [-0.05, 0) is 13.0 Å². The van der Waals surface area contributed by atoms with Crippen molar-refractivity contribution in [3.63, 3.8) is 0 Å². The normalized spacial score (nSPS) is 15.1. The third-order valence-electron chi connectivity index (χ3n) is 2.09. The molecule has 0 N–H and O–H groups in total. The van der Waals surface area contributed by atoms with Crippen LogP contribution in [0.2, 0.25) is 0 Å². The second-order valence-corrected chi connectivity index (χ2v) is 2.93. The van der Waals surface area contributed by atoms with Crippen LogP contribution in [-0.2, 0) is 0 Å². The fourth-order valence-corrected chi connectivity index (χ4v) is 1.36. The maximum absolute atomic E-state index is 8.77. The molecule has 1 aliphatic rings. The van der Waals surface area contributed by atoms with Gasteiger partial charge in [-0.15, -0.1) is 0 Å². The molecule has 0 fully saturated rings. The van der Waals surface area contributed by atoms with E-state index in [1.807, 2.05) is 25.1 Å². The highest BCUT2D eigenvalue weighted by atomic mass is 16.7. The van der Waals surface area contributed by atoms with Gasteiger partial charge in [-0.3, -0.25) is 0 Å². The van der Waals surface area contributed by atoms with Crippen molar-refractivity contribution in [2.75, 3.05) is 6.79 Å². The fourth-order valence-electron chi connectivity index (χ4n) is 1.36. The second kappa shape index (κ2) is 2.98. The zero-order chi connectivity index (χ0) is 9.26. The van der Waals surface area contributed by atoms with Crippen molar-refractivity contribution >= 4 is 0 Å². The molecule has 0 bridgehead atoms. The predicted octanol–water partition coefficient (Wildman–Crippen LogP) is 2.04. The van der Waals surface area contributed by atoms with Crippen LogP contribution in [0.5, 0.6) is 11.5 Å². The van der Waals surface area contributed by atoms with Crippen LogP contribution >= 0.6 is 0 Å². The number of rotatable bonds is 1. The summed E-state index contributed by atoms with van der Waals surface area (Å²) in [6.07, 6.45) is 0. The maximum atomic E-state index is 8.77. The molecule has 3 heteroatoms. The maximum Gasteiger partial charge on any atom is 0.231 e. The lowest BCUT2D eigenvalue weighted by molar-refractivity contribution is 0.173. The first-order valence-corrected chi connectivity index (χ1v) is 4.11. The van der Waals surface area contributed by atoms with E-state index in [1.54, 1.807) is 0 Å². The van der Waals surface area contributed by atoms with E-state index in [4.69, 9.17) is 14.7 Å². The third-order valence-corrected chi connectivity index (χ3v) is 2.09. The smallest absolute Gasteiger partial charge is 0.231 e. The molecule has 1 heterocycles. The van der Waals surface area contributed by atoms with Gasteiger partial charge >= 0.3 is 0 Å². The van der Waals surface area contributed by atoms with Crippen LogP contribution in [0.1, 0.15) is 18.4 Å². The van der Waals surface area contributed by atoms with Crippen LogP contribution in [0.25, 0.3) is 0 Å². The van der Waals surface area contributed by atoms with Gasteiger partial charge in [-0.25, -0.2) is 0 Å². The minimum atomic E-state index is -0.156. The van der Waals surface area contributed by atoms with Crippen molar-refractivity contribution in [2.24, 2.45) is 0 Å². The molecule has 1 aliphatic heterocycles. The van der Waals surface area contributed by atoms with Crippen LogP contribution in [0.3, 0.4) is 0 Å². The number of fused-ring (bicyclic) bond motifs is 1. The summed E-state index contributed by atoms with van der Waals surface area (Å²) in [5.74, 6) is 1.30. The van der Waals surface area contributed by atoms with E-state index in [0.29, 0.717) is 0 Å². The molecular formula is C10H9NO2. The van der Waals surface area contributed by atoms with Crippen LogP contribution in [-0.4, -0.2) is 6.79 Å². The largest absolute Gasteiger partial charge is 0.454 e. The summed E-state index contributed by atoms with van der Waals surface area (Å²) in [4.78, 5) is 0. The monoisotopic (exact) mass is 175 g/mol. The summed E-state index contributed by atoms with van der Waals surface area (Å²) >= 11 is 0. The van der Waals surface area contributed by atoms with Gasteiger partial charge in [0.1, 0.15) is 0 Å². The minimum Gasteiger partial charge on any atom is -0.454 e. The number of ether oxygens (including phenoxy) is 2. The standard InChI is InChI=1S/C10H9NO2/c1-7(5-11)8-3-2-4-9-10(8)13-6-12-9/h2-4,7H,6H2,1H3. The quantitative estimate of drug-likeness (QED) is 0.655. The number of hydrogen-bond donors (Lipinski definition) is 0. The van der Waals surface area contributed by atoms with E-state index in [1.165, 1.54) is 0 Å². The Morgan fingerprint density at radius 3 is 3.08 bits per heavy atom. The molecule has 2 rings (SSSR count). The van der Waals surface area contributed by atoms with Gasteiger partial charge in [-0.1, -0.05) is 12.1 Å². The average Bonchev–Trinajstić information content (AvgIpc) is 2.63. The van der Waals surface area contributed by atoms with Crippen LogP contribution in [0.4, 0.5) is 0 Å². The Bertz CT molecular complexity index is 368. The van der Waals surface area contributed by atoms with Gasteiger partial charge in [0.05, 0.1) is 12.0 Å². The lowest BCUT2D eigenvalue weighted by Crippen LogP contribution is -1.95. The Kier molecular flexibility index (Phi) is 1.82. The summed E-state index contributed by atoms with van der Waals surface area (Å²) in [5, 5.41) is 8.77. The molecule has 0 saturated carbocycles. The molecule has 0 spiro atoms. The number of para-hydroxylation sites is 1. The average molecular weight is 175 g/mol. The Labute approximate surface area is 76.5 Å². The van der Waals surface area contributed by atoms with Gasteiger partial charge in [0, 0.05) is 5.56 Å². The van der Waals surface area contributed by atoms with Crippen molar-refractivity contribution in [2.45, 2.75) is 12.8 Å². The third kappa shape index (κ3) is 1.20. The molecular weight excluding hydrogens is 166 g/mol. The van der Waals surface area contributed by atoms with E-state index >= 15 is 0 Å². The highest BCUT2D eigenvalue weighted by Gasteiger charge is 2.20. The van der Waals surface area contributed by atoms with Crippen molar-refractivity contribution < 1.29 is 9.47 Å². The lowest BCUT2D eigenvalue weighted by atomic mass is 10.0. The Morgan fingerprint density at radius 2 is 2.31 bits per heavy atom. The zero-order valence-electron chi connectivity index (χ0n) is 7.28. The summed E-state index contributed by atoms with van der Waals surface area (Å²) < 4.78 is 10.5. The summed E-state index contributed by atoms with van der Waals surface area (Å²) in [6.45, 7) is 2.10. The van der Waals surface area contributed by atoms with E-state index in [-0.39, 0.29) is 12.7 Å². The molecule has 0 radical (unpaired) electrons. The number of nitrogens with zero attached hydrogens (tertiary/aromatic N) is 1. The molecule has 3 nitrogen and oxygen atoms in total. The fraction of sp³-hybridized carbons (Fsp3) is 0.300. The second-order valence-electron chi connectivity index (χ2n) is 2.93. The molecule has 1 aromatic rings. The molecule has 0 aliphatic carbocycles. The van der Waals surface area contributed by atoms with Crippen molar-refractivity contribution in [3.8, 4) is 17.6 Å². The first kappa shape index (κ1) is 7.93. The molecule has 66 valence electrons. The van der Waals surface area contributed by atoms with Crippen LogP contribution in [0.15, 0.2) is 18.2 Å². The topological polar surface area (TPSA) is 42.2 Å². The van der Waals surface area contributed by atoms with Gasteiger partial charge in [0.2, 0.25) is 6.79 Å². The lowest BCUT2D eigenvalue weighted by Gasteiger charge is -2.05. The Morgan fingerprint density at radius 1 is 1.46 bits per heavy atom. The Balaban J connectivity index is 2.48. The number of benzene rings is 1. The number of nitriles is 1. The molecule has 1 aromatic carbocycles. The molecule has 0 amide bonds. The zero-order valence-corrected chi connectivity index (χ0v) is 7.28. The van der Waals surface area contributed by atoms with Crippen LogP contribution < -0.4 is 9.47 Å². The van der Waals surface area contributed by atoms with Crippen molar-refractivity contribution in [3.05, 3.63) is 23.8 Å². The van der Waals surface area contributed by atoms with E-state index in [0.717, 1.165) is 17.1 Å². The summed E-state index contributed by atoms with van der Waals surface area (Å²) in [7, 11) is 0. The van der Waals surface area contributed by atoms with E-state index < -0.39 is 0 Å². The van der Waals surface area contributed by atoms with Crippen LogP contribution in [0, 0.1) is 11.3 Å². The number of hydrogen-bond acceptors (Lipinski definition) is 3. The van der Waals surface area contributed by atoms with E-state index in [9.17, 15) is 0 Å². The minimum absolute atomic E-state index is 0.156. The van der Waals surface area contributed by atoms with Gasteiger partial charge in [0.15, 0.2) is 11.5 Å². The predicted molar refractivity (Wildman–Crippen MR) is 46.6 cm³/mol. The molecule has 13 heavy (non-hydrogen) atoms. The molecule has 1 atom stereocenters. The SMILES string of the molecule is CC(C#N)c1cccc2c1OCO2. The summed E-state index contributed by atoms with van der Waals surface area (Å²) in [5.41, 5.74) is 0.900. The van der Waals surface area contributed by atoms with Gasteiger partial charge in [0.25, 0.3) is 0 Å². The first-order chi connectivity index (χ1) is 6.33. The highest BCUT2D eigenvalue weighted by molar-refractivity contribution is 5.50. The molecule has 1 unspecified atom stereocenters. The molecule has 0 aromatic heterocycles. The molecule has 0 saturated heterocycles. The van der Waals surface area contributed by atoms with Crippen molar-refractivity contribution in [1.82, 2.24) is 0 Å². The Hall–Kier alpha value is -1.69. The summed E-state index contributed by atoms with van der Waals surface area (Å²) in [6, 6.07) is 7.78.